The molecule has 0 saturated heterocycles. The molecule has 106 valence electrons. The van der Waals surface area contributed by atoms with Crippen LogP contribution < -0.4 is 10.5 Å². The summed E-state index contributed by atoms with van der Waals surface area (Å²) in [6, 6.07) is 7.92. The van der Waals surface area contributed by atoms with Crippen LogP contribution in [-0.4, -0.2) is 14.3 Å². The molecule has 1 heterocycles. The maximum absolute atomic E-state index is 11.9. The van der Waals surface area contributed by atoms with Crippen LogP contribution in [0.5, 0.6) is 0 Å². The number of halogens is 1. The highest BCUT2D eigenvalue weighted by Crippen LogP contribution is 2.19. The molecule has 0 aliphatic carbocycles. The lowest BCUT2D eigenvalue weighted by Crippen LogP contribution is -2.14. The summed E-state index contributed by atoms with van der Waals surface area (Å²) in [7, 11) is -3.56. The molecule has 20 heavy (non-hydrogen) atoms. The van der Waals surface area contributed by atoms with Gasteiger partial charge in [-0.25, -0.2) is 13.6 Å². The van der Waals surface area contributed by atoms with Gasteiger partial charge in [0.15, 0.2) is 4.67 Å². The molecule has 0 unspecified atom stereocenters. The normalized spacial score (nSPS) is 11.3. The average molecular weight is 359 g/mol. The minimum atomic E-state index is -3.56. The van der Waals surface area contributed by atoms with Crippen LogP contribution in [0.4, 0.5) is 5.69 Å². The minimum absolute atomic E-state index is 0.242. The first-order chi connectivity index (χ1) is 9.35. The second kappa shape index (κ2) is 5.78. The summed E-state index contributed by atoms with van der Waals surface area (Å²) in [4.78, 5) is 11.9. The number of primary sulfonamides is 1. The van der Waals surface area contributed by atoms with E-state index in [4.69, 9.17) is 9.56 Å². The number of hydrogen-bond donors (Lipinski definition) is 2. The lowest BCUT2D eigenvalue weighted by atomic mass is 10.2. The van der Waals surface area contributed by atoms with Gasteiger partial charge in [0.1, 0.15) is 0 Å². The Hall–Kier alpha value is -1.64. The predicted octanol–water partition coefficient (Wildman–Crippen LogP) is 2.08. The number of carbonyl (C=O) groups excluding carboxylic acids is 1. The first-order valence-electron chi connectivity index (χ1n) is 5.49. The van der Waals surface area contributed by atoms with E-state index in [1.165, 1.54) is 12.3 Å². The van der Waals surface area contributed by atoms with E-state index in [9.17, 15) is 13.2 Å². The zero-order valence-electron chi connectivity index (χ0n) is 10.2. The van der Waals surface area contributed by atoms with Gasteiger partial charge >= 0.3 is 0 Å². The standard InChI is InChI=1S/C12H11BrN2O4S/c13-11-10(5-6-19-11)12(16)15-9-3-1-8(2-4-9)7-20(14,17)18/h1-6H,7H2,(H,15,16)(H2,14,17,18). The quantitative estimate of drug-likeness (QED) is 0.872. The molecular weight excluding hydrogens is 348 g/mol. The maximum atomic E-state index is 11.9. The van der Waals surface area contributed by atoms with E-state index in [0.29, 0.717) is 21.5 Å². The van der Waals surface area contributed by atoms with E-state index >= 15 is 0 Å². The van der Waals surface area contributed by atoms with E-state index in [1.54, 1.807) is 24.3 Å². The van der Waals surface area contributed by atoms with Crippen molar-refractivity contribution in [2.45, 2.75) is 5.75 Å². The molecule has 0 fully saturated rings. The zero-order chi connectivity index (χ0) is 14.8. The van der Waals surface area contributed by atoms with Crippen LogP contribution in [0.3, 0.4) is 0 Å². The Morgan fingerprint density at radius 3 is 2.40 bits per heavy atom. The molecule has 0 saturated carbocycles. The fraction of sp³-hybridized carbons (Fsp3) is 0.0833. The molecule has 1 aromatic carbocycles. The van der Waals surface area contributed by atoms with E-state index in [-0.39, 0.29) is 11.7 Å². The summed E-state index contributed by atoms with van der Waals surface area (Å²) in [6.45, 7) is 0. The Kier molecular flexibility index (Phi) is 4.26. The Bertz CT molecular complexity index is 722. The molecule has 8 heteroatoms. The minimum Gasteiger partial charge on any atom is -0.457 e. The molecule has 3 N–H and O–H groups in total. The number of carbonyl (C=O) groups is 1. The third kappa shape index (κ3) is 3.92. The first kappa shape index (κ1) is 14.8. The van der Waals surface area contributed by atoms with Gasteiger partial charge in [-0.15, -0.1) is 0 Å². The van der Waals surface area contributed by atoms with Crippen molar-refractivity contribution >= 4 is 37.5 Å². The van der Waals surface area contributed by atoms with Gasteiger partial charge in [-0.05, 0) is 39.7 Å². The molecule has 0 bridgehead atoms. The molecule has 0 spiro atoms. The van der Waals surface area contributed by atoms with Gasteiger partial charge in [-0.2, -0.15) is 0 Å². The number of furan rings is 1. The molecule has 2 rings (SSSR count). The van der Waals surface area contributed by atoms with Gasteiger partial charge < -0.3 is 9.73 Å². The monoisotopic (exact) mass is 358 g/mol. The number of sulfonamides is 1. The van der Waals surface area contributed by atoms with Crippen LogP contribution >= 0.6 is 15.9 Å². The van der Waals surface area contributed by atoms with Crippen molar-refractivity contribution in [3.05, 3.63) is 52.4 Å². The van der Waals surface area contributed by atoms with Crippen LogP contribution in [-0.2, 0) is 15.8 Å². The smallest absolute Gasteiger partial charge is 0.260 e. The number of rotatable bonds is 4. The van der Waals surface area contributed by atoms with E-state index in [2.05, 4.69) is 21.2 Å². The Morgan fingerprint density at radius 1 is 1.25 bits per heavy atom. The number of amides is 1. The summed E-state index contributed by atoms with van der Waals surface area (Å²) in [5.41, 5.74) is 1.47. The van der Waals surface area contributed by atoms with E-state index in [1.807, 2.05) is 0 Å². The highest BCUT2D eigenvalue weighted by molar-refractivity contribution is 9.10. The van der Waals surface area contributed by atoms with Gasteiger partial charge in [0.25, 0.3) is 5.91 Å². The van der Waals surface area contributed by atoms with Crippen LogP contribution in [0, 0.1) is 0 Å². The van der Waals surface area contributed by atoms with Crippen molar-refractivity contribution in [2.75, 3.05) is 5.32 Å². The first-order valence-corrected chi connectivity index (χ1v) is 8.00. The van der Waals surface area contributed by atoms with Crippen LogP contribution in [0.15, 0.2) is 45.7 Å². The van der Waals surface area contributed by atoms with Crippen LogP contribution in [0.1, 0.15) is 15.9 Å². The Morgan fingerprint density at radius 2 is 1.90 bits per heavy atom. The largest absolute Gasteiger partial charge is 0.457 e. The fourth-order valence-electron chi connectivity index (χ4n) is 1.57. The molecule has 6 nitrogen and oxygen atoms in total. The predicted molar refractivity (Wildman–Crippen MR) is 77.6 cm³/mol. The summed E-state index contributed by atoms with van der Waals surface area (Å²) < 4.78 is 27.2. The number of anilines is 1. The second-order valence-electron chi connectivity index (χ2n) is 4.07. The number of nitrogens with two attached hydrogens (primary N) is 1. The molecule has 1 aromatic heterocycles. The van der Waals surface area contributed by atoms with Crippen molar-refractivity contribution in [2.24, 2.45) is 5.14 Å². The summed E-state index contributed by atoms with van der Waals surface area (Å²) in [5.74, 6) is -0.570. The average Bonchev–Trinajstić information content (AvgIpc) is 2.76. The Labute approximate surface area is 124 Å². The number of benzene rings is 1. The molecule has 0 atom stereocenters. The van der Waals surface area contributed by atoms with E-state index < -0.39 is 10.0 Å². The molecule has 0 radical (unpaired) electrons. The third-order valence-corrected chi connectivity index (χ3v) is 3.79. The van der Waals surface area contributed by atoms with Crippen molar-refractivity contribution in [3.8, 4) is 0 Å². The Balaban J connectivity index is 2.08. The highest BCUT2D eigenvalue weighted by atomic mass is 79.9. The van der Waals surface area contributed by atoms with Gasteiger partial charge in [-0.3, -0.25) is 4.79 Å². The summed E-state index contributed by atoms with van der Waals surface area (Å²) >= 11 is 3.12. The molecule has 0 aliphatic heterocycles. The number of hydrogen-bond acceptors (Lipinski definition) is 4. The van der Waals surface area contributed by atoms with Crippen LogP contribution in [0.2, 0.25) is 0 Å². The van der Waals surface area contributed by atoms with Crippen molar-refractivity contribution in [1.29, 1.82) is 0 Å². The zero-order valence-corrected chi connectivity index (χ0v) is 12.6. The van der Waals surface area contributed by atoms with Gasteiger partial charge in [0.2, 0.25) is 10.0 Å². The van der Waals surface area contributed by atoms with Crippen molar-refractivity contribution in [1.82, 2.24) is 0 Å². The van der Waals surface area contributed by atoms with E-state index in [0.717, 1.165) is 0 Å². The SMILES string of the molecule is NS(=O)(=O)Cc1ccc(NC(=O)c2ccoc2Br)cc1. The summed E-state index contributed by atoms with van der Waals surface area (Å²) in [5, 5.41) is 7.62. The van der Waals surface area contributed by atoms with Gasteiger partial charge in [0.05, 0.1) is 17.6 Å². The maximum Gasteiger partial charge on any atom is 0.260 e. The van der Waals surface area contributed by atoms with Crippen molar-refractivity contribution in [3.63, 3.8) is 0 Å². The molecular formula is C12H11BrN2O4S. The van der Waals surface area contributed by atoms with Crippen molar-refractivity contribution < 1.29 is 17.6 Å². The summed E-state index contributed by atoms with van der Waals surface area (Å²) in [6.07, 6.45) is 1.40. The van der Waals surface area contributed by atoms with Gasteiger partial charge in [0, 0.05) is 5.69 Å². The van der Waals surface area contributed by atoms with Gasteiger partial charge in [-0.1, -0.05) is 12.1 Å². The lowest BCUT2D eigenvalue weighted by Gasteiger charge is -2.05. The molecule has 2 aromatic rings. The molecule has 0 aliphatic rings. The third-order valence-electron chi connectivity index (χ3n) is 2.44. The topological polar surface area (TPSA) is 102 Å². The second-order valence-corrected chi connectivity index (χ2v) is 6.40. The van der Waals surface area contributed by atoms with Crippen LogP contribution in [0.25, 0.3) is 0 Å². The number of nitrogens with one attached hydrogen (secondary N) is 1. The fourth-order valence-corrected chi connectivity index (χ4v) is 2.65. The highest BCUT2D eigenvalue weighted by Gasteiger charge is 2.12. The molecule has 1 amide bonds. The lowest BCUT2D eigenvalue weighted by molar-refractivity contribution is 0.102.